The Balaban J connectivity index is 1.29. The SMILES string of the molecule is CC(C)(C)c1cccc(N(c2ccccc2)c2cc3c(c4ccccc24)-c2ccc(-n4c5ccccc5c5ccccc54)cc2C3(C)C)c1. The van der Waals surface area contributed by atoms with Gasteiger partial charge in [-0.1, -0.05) is 132 Å². The molecule has 0 spiro atoms. The second kappa shape index (κ2) is 10.7. The second-order valence-electron chi connectivity index (χ2n) is 15.1. The fraction of sp³-hybridized carbons (Fsp3) is 0.149. The smallest absolute Gasteiger partial charge is 0.0543 e. The van der Waals surface area contributed by atoms with Gasteiger partial charge in [-0.25, -0.2) is 0 Å². The van der Waals surface area contributed by atoms with Crippen molar-refractivity contribution >= 4 is 49.6 Å². The van der Waals surface area contributed by atoms with E-state index in [-0.39, 0.29) is 10.8 Å². The third kappa shape index (κ3) is 4.47. The average Bonchev–Trinajstić information content (AvgIpc) is 3.57. The first kappa shape index (κ1) is 29.5. The molecule has 1 aromatic heterocycles. The molecule has 0 atom stereocenters. The lowest BCUT2D eigenvalue weighted by atomic mass is 9.81. The largest absolute Gasteiger partial charge is 0.310 e. The van der Waals surface area contributed by atoms with Crippen LogP contribution in [0, 0.1) is 0 Å². The van der Waals surface area contributed by atoms with E-state index in [0.717, 1.165) is 5.69 Å². The first-order valence-electron chi connectivity index (χ1n) is 17.4. The van der Waals surface area contributed by atoms with Crippen molar-refractivity contribution in [2.75, 3.05) is 4.90 Å². The zero-order valence-corrected chi connectivity index (χ0v) is 28.8. The van der Waals surface area contributed by atoms with E-state index in [1.807, 2.05) is 0 Å². The molecule has 0 saturated heterocycles. The van der Waals surface area contributed by atoms with Crippen molar-refractivity contribution in [1.82, 2.24) is 4.57 Å². The van der Waals surface area contributed by atoms with Crippen LogP contribution in [0.25, 0.3) is 49.4 Å². The number of fused-ring (bicyclic) bond motifs is 8. The Labute approximate surface area is 288 Å². The van der Waals surface area contributed by atoms with Gasteiger partial charge in [0.15, 0.2) is 0 Å². The van der Waals surface area contributed by atoms with Crippen molar-refractivity contribution in [1.29, 1.82) is 0 Å². The van der Waals surface area contributed by atoms with E-state index in [4.69, 9.17) is 0 Å². The first-order chi connectivity index (χ1) is 23.7. The van der Waals surface area contributed by atoms with Crippen LogP contribution in [0.4, 0.5) is 17.1 Å². The molecule has 1 aliphatic carbocycles. The second-order valence-corrected chi connectivity index (χ2v) is 15.1. The van der Waals surface area contributed by atoms with Gasteiger partial charge >= 0.3 is 0 Å². The Morgan fingerprint density at radius 3 is 1.78 bits per heavy atom. The van der Waals surface area contributed by atoms with Gasteiger partial charge < -0.3 is 9.47 Å². The number of anilines is 3. The zero-order valence-electron chi connectivity index (χ0n) is 28.8. The lowest BCUT2D eigenvalue weighted by Gasteiger charge is -2.31. The molecule has 0 aliphatic heterocycles. The highest BCUT2D eigenvalue weighted by Crippen LogP contribution is 2.55. The molecule has 0 saturated carbocycles. The predicted octanol–water partition coefficient (Wildman–Crippen LogP) is 13.0. The Bertz CT molecular complexity index is 2510. The normalized spacial score (nSPS) is 13.6. The molecule has 1 aliphatic rings. The zero-order chi connectivity index (χ0) is 33.5. The van der Waals surface area contributed by atoms with Crippen LogP contribution in [0.15, 0.2) is 152 Å². The summed E-state index contributed by atoms with van der Waals surface area (Å²) in [6, 6.07) is 56.1. The Kier molecular flexibility index (Phi) is 6.45. The van der Waals surface area contributed by atoms with Gasteiger partial charge in [0.25, 0.3) is 0 Å². The summed E-state index contributed by atoms with van der Waals surface area (Å²) >= 11 is 0. The molecule has 9 rings (SSSR count). The predicted molar refractivity (Wildman–Crippen MR) is 209 cm³/mol. The van der Waals surface area contributed by atoms with E-state index in [2.05, 4.69) is 196 Å². The maximum atomic E-state index is 2.48. The summed E-state index contributed by atoms with van der Waals surface area (Å²) in [5, 5.41) is 5.11. The van der Waals surface area contributed by atoms with Crippen molar-refractivity contribution in [3.8, 4) is 16.8 Å². The van der Waals surface area contributed by atoms with Crippen LogP contribution in [0.3, 0.4) is 0 Å². The van der Waals surface area contributed by atoms with Crippen LogP contribution in [-0.2, 0) is 10.8 Å². The van der Waals surface area contributed by atoms with E-state index >= 15 is 0 Å². The third-order valence-corrected chi connectivity index (χ3v) is 10.7. The number of para-hydroxylation sites is 3. The summed E-state index contributed by atoms with van der Waals surface area (Å²) in [4.78, 5) is 2.46. The van der Waals surface area contributed by atoms with Gasteiger partial charge in [0.2, 0.25) is 0 Å². The summed E-state index contributed by atoms with van der Waals surface area (Å²) in [7, 11) is 0. The molecule has 0 amide bonds. The van der Waals surface area contributed by atoms with Crippen molar-refractivity contribution in [2.24, 2.45) is 0 Å². The number of rotatable bonds is 4. The molecule has 0 N–H and O–H groups in total. The van der Waals surface area contributed by atoms with Crippen molar-refractivity contribution < 1.29 is 0 Å². The van der Waals surface area contributed by atoms with Gasteiger partial charge in [0.1, 0.15) is 0 Å². The molecule has 1 heterocycles. The molecule has 49 heavy (non-hydrogen) atoms. The standard InChI is InChI=1S/C47H40N2/c1-46(2,3)31-16-15-19-33(28-31)48(32-17-7-6-8-18-32)44-30-41-45(38-23-10-9-22-37(38)44)39-27-26-34(29-40(39)47(41,4)5)49-42-24-13-11-20-35(42)36-21-12-14-25-43(36)49/h6-30H,1-5H3. The van der Waals surface area contributed by atoms with Crippen LogP contribution in [0.2, 0.25) is 0 Å². The minimum atomic E-state index is -0.214. The van der Waals surface area contributed by atoms with E-state index in [1.54, 1.807) is 0 Å². The maximum Gasteiger partial charge on any atom is 0.0543 e. The highest BCUT2D eigenvalue weighted by Gasteiger charge is 2.38. The Morgan fingerprint density at radius 2 is 1.10 bits per heavy atom. The summed E-state index contributed by atoms with van der Waals surface area (Å²) in [6.45, 7) is 11.7. The molecule has 0 radical (unpaired) electrons. The maximum absolute atomic E-state index is 2.48. The highest BCUT2D eigenvalue weighted by atomic mass is 15.1. The number of hydrogen-bond acceptors (Lipinski definition) is 1. The quantitative estimate of drug-likeness (QED) is 0.187. The van der Waals surface area contributed by atoms with Crippen LogP contribution in [-0.4, -0.2) is 4.57 Å². The number of aromatic nitrogens is 1. The van der Waals surface area contributed by atoms with Gasteiger partial charge in [-0.15, -0.1) is 0 Å². The first-order valence-corrected chi connectivity index (χ1v) is 17.4. The molecule has 2 heteroatoms. The summed E-state index contributed by atoms with van der Waals surface area (Å²) in [6.07, 6.45) is 0. The van der Waals surface area contributed by atoms with Crippen molar-refractivity contribution in [2.45, 2.75) is 45.4 Å². The fourth-order valence-electron chi connectivity index (χ4n) is 8.19. The van der Waals surface area contributed by atoms with Gasteiger partial charge in [-0.3, -0.25) is 0 Å². The molecule has 2 nitrogen and oxygen atoms in total. The van der Waals surface area contributed by atoms with Crippen LogP contribution >= 0.6 is 0 Å². The van der Waals surface area contributed by atoms with Gasteiger partial charge in [-0.2, -0.15) is 0 Å². The molecule has 238 valence electrons. The van der Waals surface area contributed by atoms with Crippen molar-refractivity contribution in [3.63, 3.8) is 0 Å². The number of nitrogens with zero attached hydrogens (tertiary/aromatic N) is 2. The van der Waals surface area contributed by atoms with E-state index in [0.29, 0.717) is 0 Å². The number of hydrogen-bond donors (Lipinski definition) is 0. The monoisotopic (exact) mass is 632 g/mol. The third-order valence-electron chi connectivity index (χ3n) is 10.7. The summed E-state index contributed by atoms with van der Waals surface area (Å²) < 4.78 is 2.44. The van der Waals surface area contributed by atoms with Gasteiger partial charge in [-0.05, 0) is 93.2 Å². The van der Waals surface area contributed by atoms with Crippen LogP contribution < -0.4 is 4.90 Å². The highest BCUT2D eigenvalue weighted by molar-refractivity contribution is 6.11. The lowest BCUT2D eigenvalue weighted by molar-refractivity contribution is 0.590. The summed E-state index contributed by atoms with van der Waals surface area (Å²) in [5.41, 5.74) is 13.8. The minimum Gasteiger partial charge on any atom is -0.310 e. The van der Waals surface area contributed by atoms with Gasteiger partial charge in [0.05, 0.1) is 16.7 Å². The Hall–Kier alpha value is -5.60. The topological polar surface area (TPSA) is 8.17 Å². The van der Waals surface area contributed by atoms with Crippen LogP contribution in [0.5, 0.6) is 0 Å². The van der Waals surface area contributed by atoms with Gasteiger partial charge in [0, 0.05) is 38.6 Å². The molecule has 8 aromatic rings. The van der Waals surface area contributed by atoms with E-state index in [9.17, 15) is 0 Å². The Morgan fingerprint density at radius 1 is 0.510 bits per heavy atom. The van der Waals surface area contributed by atoms with Crippen LogP contribution in [0.1, 0.15) is 51.3 Å². The average molecular weight is 633 g/mol. The molecule has 0 bridgehead atoms. The van der Waals surface area contributed by atoms with Crippen molar-refractivity contribution in [3.05, 3.63) is 168 Å². The molecule has 0 fully saturated rings. The molecular formula is C47H40N2. The summed E-state index contributed by atoms with van der Waals surface area (Å²) in [5.74, 6) is 0. The fourth-order valence-corrected chi connectivity index (χ4v) is 8.19. The van der Waals surface area contributed by atoms with E-state index in [1.165, 1.54) is 77.5 Å². The van der Waals surface area contributed by atoms with E-state index < -0.39 is 0 Å². The lowest BCUT2D eigenvalue weighted by Crippen LogP contribution is -2.18. The molecular weight excluding hydrogens is 593 g/mol. The molecule has 0 unspecified atom stereocenters. The molecule has 7 aromatic carbocycles. The number of benzene rings is 7. The minimum absolute atomic E-state index is 0.0378.